The Morgan fingerprint density at radius 3 is 1.50 bits per heavy atom. The van der Waals surface area contributed by atoms with Crippen molar-refractivity contribution in [1.82, 2.24) is 4.90 Å². The minimum atomic E-state index is 0.458. The Bertz CT molecular complexity index is 121. The molecule has 0 aromatic rings. The van der Waals surface area contributed by atoms with Crippen molar-refractivity contribution in [3.8, 4) is 0 Å². The molecule has 2 atom stereocenters. The van der Waals surface area contributed by atoms with Crippen LogP contribution in [-0.2, 0) is 4.74 Å². The minimum Gasteiger partial charge on any atom is -0.381 e. The normalized spacial score (nSPS) is 14.2. The van der Waals surface area contributed by atoms with Crippen LogP contribution >= 0.6 is 0 Å². The van der Waals surface area contributed by atoms with Gasteiger partial charge in [0.1, 0.15) is 0 Å². The van der Waals surface area contributed by atoms with Gasteiger partial charge in [0.25, 0.3) is 0 Å². The van der Waals surface area contributed by atoms with Crippen LogP contribution in [0.5, 0.6) is 0 Å². The van der Waals surface area contributed by atoms with E-state index in [2.05, 4.69) is 39.8 Å². The van der Waals surface area contributed by atoms with Gasteiger partial charge in [0.15, 0.2) is 0 Å². The van der Waals surface area contributed by atoms with Crippen molar-refractivity contribution in [2.45, 2.75) is 20.8 Å². The Labute approximate surface area is 101 Å². The highest BCUT2D eigenvalue weighted by atomic mass is 16.5. The summed E-state index contributed by atoms with van der Waals surface area (Å²) >= 11 is 0. The zero-order valence-electron chi connectivity index (χ0n) is 11.7. The Balaban J connectivity index is 0. The first-order valence-electron chi connectivity index (χ1n) is 6.10. The number of ether oxygens (including phenoxy) is 1. The highest BCUT2D eigenvalue weighted by Gasteiger charge is 2.01. The Kier molecular flexibility index (Phi) is 14.7. The molecular weight excluding hydrogens is 202 g/mol. The van der Waals surface area contributed by atoms with Crippen LogP contribution in [0.1, 0.15) is 20.8 Å². The van der Waals surface area contributed by atoms with Crippen molar-refractivity contribution in [1.29, 1.82) is 0 Å². The summed E-state index contributed by atoms with van der Waals surface area (Å²) < 4.78 is 5.38. The third-order valence-electron chi connectivity index (χ3n) is 2.24. The van der Waals surface area contributed by atoms with E-state index in [9.17, 15) is 0 Å². The molecule has 0 spiro atoms. The van der Waals surface area contributed by atoms with Crippen LogP contribution in [0.25, 0.3) is 0 Å². The first-order chi connectivity index (χ1) is 7.47. The van der Waals surface area contributed by atoms with Crippen molar-refractivity contribution in [3.63, 3.8) is 0 Å². The second-order valence-corrected chi connectivity index (χ2v) is 4.62. The Morgan fingerprint density at radius 2 is 1.31 bits per heavy atom. The molecule has 0 fully saturated rings. The fourth-order valence-corrected chi connectivity index (χ4v) is 0.606. The number of nitrogens with zero attached hydrogens (tertiary/aromatic N) is 1. The van der Waals surface area contributed by atoms with E-state index in [0.717, 1.165) is 19.8 Å². The maximum atomic E-state index is 5.42. The molecule has 0 aliphatic heterocycles. The van der Waals surface area contributed by atoms with Crippen LogP contribution in [0.2, 0.25) is 0 Å². The van der Waals surface area contributed by atoms with Crippen molar-refractivity contribution in [2.75, 3.05) is 46.9 Å². The smallest absolute Gasteiger partial charge is 0.0503 e. The first-order valence-corrected chi connectivity index (χ1v) is 6.10. The summed E-state index contributed by atoms with van der Waals surface area (Å²) in [7, 11) is 4.11. The molecule has 0 saturated carbocycles. The second-order valence-electron chi connectivity index (χ2n) is 4.62. The van der Waals surface area contributed by atoms with Gasteiger partial charge < -0.3 is 21.1 Å². The third kappa shape index (κ3) is 16.3. The quantitative estimate of drug-likeness (QED) is 0.681. The van der Waals surface area contributed by atoms with Crippen LogP contribution in [-0.4, -0.2) is 51.8 Å². The van der Waals surface area contributed by atoms with Crippen molar-refractivity contribution in [3.05, 3.63) is 0 Å². The van der Waals surface area contributed by atoms with Crippen LogP contribution in [0, 0.1) is 11.8 Å². The molecule has 0 radical (unpaired) electrons. The average Bonchev–Trinajstić information content (AvgIpc) is 2.29. The van der Waals surface area contributed by atoms with Crippen LogP contribution < -0.4 is 11.5 Å². The van der Waals surface area contributed by atoms with E-state index >= 15 is 0 Å². The summed E-state index contributed by atoms with van der Waals surface area (Å²) in [6.45, 7) is 10.3. The topological polar surface area (TPSA) is 64.5 Å². The summed E-state index contributed by atoms with van der Waals surface area (Å²) in [5, 5.41) is 0. The molecule has 16 heavy (non-hydrogen) atoms. The van der Waals surface area contributed by atoms with Crippen LogP contribution in [0.15, 0.2) is 0 Å². The molecule has 100 valence electrons. The maximum Gasteiger partial charge on any atom is 0.0503 e. The molecule has 0 bridgehead atoms. The third-order valence-corrected chi connectivity index (χ3v) is 2.24. The molecule has 0 saturated heterocycles. The number of hydrogen-bond acceptors (Lipinski definition) is 4. The van der Waals surface area contributed by atoms with Gasteiger partial charge in [-0.15, -0.1) is 0 Å². The monoisotopic (exact) mass is 233 g/mol. The van der Waals surface area contributed by atoms with Crippen LogP contribution in [0.3, 0.4) is 0 Å². The van der Waals surface area contributed by atoms with Gasteiger partial charge >= 0.3 is 0 Å². The van der Waals surface area contributed by atoms with E-state index in [0.29, 0.717) is 24.9 Å². The van der Waals surface area contributed by atoms with Gasteiger partial charge in [0.2, 0.25) is 0 Å². The lowest BCUT2D eigenvalue weighted by Crippen LogP contribution is -2.21. The zero-order valence-corrected chi connectivity index (χ0v) is 11.7. The minimum absolute atomic E-state index is 0.458. The molecule has 4 heteroatoms. The molecule has 0 amide bonds. The molecule has 0 aliphatic carbocycles. The number of hydrogen-bond donors (Lipinski definition) is 2. The molecule has 2 unspecified atom stereocenters. The van der Waals surface area contributed by atoms with E-state index in [1.807, 2.05) is 0 Å². The standard InChI is InChI=1S/C8H20N2O.C4H11N/c1-7(3-9)5-11-6-8(2)4-10;1-4-5(2)3/h7-8H,3-6,9-10H2,1-2H3;4H2,1-3H3. The van der Waals surface area contributed by atoms with Crippen LogP contribution in [0.4, 0.5) is 0 Å². The lowest BCUT2D eigenvalue weighted by molar-refractivity contribution is 0.0838. The molecule has 0 aromatic heterocycles. The second kappa shape index (κ2) is 12.9. The van der Waals surface area contributed by atoms with Gasteiger partial charge in [-0.3, -0.25) is 0 Å². The largest absolute Gasteiger partial charge is 0.381 e. The van der Waals surface area contributed by atoms with Gasteiger partial charge in [0, 0.05) is 0 Å². The highest BCUT2D eigenvalue weighted by Crippen LogP contribution is 1.96. The summed E-state index contributed by atoms with van der Waals surface area (Å²) in [5.74, 6) is 0.917. The zero-order chi connectivity index (χ0) is 13.0. The van der Waals surface area contributed by atoms with Crippen molar-refractivity contribution < 1.29 is 4.74 Å². The fraction of sp³-hybridized carbons (Fsp3) is 1.00. The maximum absolute atomic E-state index is 5.42. The highest BCUT2D eigenvalue weighted by molar-refractivity contribution is 4.53. The van der Waals surface area contributed by atoms with E-state index < -0.39 is 0 Å². The van der Waals surface area contributed by atoms with Gasteiger partial charge in [-0.25, -0.2) is 0 Å². The van der Waals surface area contributed by atoms with E-state index in [1.54, 1.807) is 0 Å². The van der Waals surface area contributed by atoms with Crippen molar-refractivity contribution >= 4 is 0 Å². The van der Waals surface area contributed by atoms with Crippen molar-refractivity contribution in [2.24, 2.45) is 23.3 Å². The first kappa shape index (κ1) is 18.2. The fourth-order valence-electron chi connectivity index (χ4n) is 0.606. The molecule has 4 nitrogen and oxygen atoms in total. The molecule has 0 aromatic carbocycles. The van der Waals surface area contributed by atoms with E-state index in [1.165, 1.54) is 0 Å². The predicted octanol–water partition coefficient (Wildman–Crippen LogP) is 0.761. The van der Waals surface area contributed by atoms with Gasteiger partial charge in [-0.1, -0.05) is 20.8 Å². The summed E-state index contributed by atoms with van der Waals surface area (Å²) in [4.78, 5) is 2.12. The summed E-state index contributed by atoms with van der Waals surface area (Å²) in [6, 6.07) is 0. The molecule has 0 aliphatic rings. The van der Waals surface area contributed by atoms with Gasteiger partial charge in [0.05, 0.1) is 13.2 Å². The molecule has 0 rings (SSSR count). The Morgan fingerprint density at radius 1 is 1.00 bits per heavy atom. The van der Waals surface area contributed by atoms with Gasteiger partial charge in [-0.2, -0.15) is 0 Å². The molecular formula is C12H31N3O. The lowest BCUT2D eigenvalue weighted by Gasteiger charge is -2.12. The lowest BCUT2D eigenvalue weighted by atomic mass is 10.2. The predicted molar refractivity (Wildman–Crippen MR) is 71.5 cm³/mol. The number of rotatable bonds is 7. The summed E-state index contributed by atoms with van der Waals surface area (Å²) in [5.41, 5.74) is 10.8. The van der Waals surface area contributed by atoms with E-state index in [4.69, 9.17) is 16.2 Å². The van der Waals surface area contributed by atoms with E-state index in [-0.39, 0.29) is 0 Å². The summed E-state index contributed by atoms with van der Waals surface area (Å²) in [6.07, 6.45) is 0. The SMILES string of the molecule is CC(CN)COCC(C)CN.CCN(C)C. The number of nitrogens with two attached hydrogens (primary N) is 2. The molecule has 0 heterocycles. The molecule has 4 N–H and O–H groups in total. The van der Waals surface area contributed by atoms with Gasteiger partial charge in [-0.05, 0) is 45.6 Å². The Hall–Kier alpha value is -0.160. The average molecular weight is 233 g/mol.